The summed E-state index contributed by atoms with van der Waals surface area (Å²) in [4.78, 5) is 2.28. The van der Waals surface area contributed by atoms with Gasteiger partial charge in [0, 0.05) is 24.5 Å². The third-order valence-corrected chi connectivity index (χ3v) is 3.39. The van der Waals surface area contributed by atoms with Gasteiger partial charge in [0.1, 0.15) is 5.58 Å². The maximum atomic E-state index is 5.65. The molecule has 1 aromatic heterocycles. The molecule has 0 saturated heterocycles. The Morgan fingerprint density at radius 2 is 2.12 bits per heavy atom. The minimum atomic E-state index is 0.424. The van der Waals surface area contributed by atoms with Gasteiger partial charge in [-0.15, -0.1) is 0 Å². The second-order valence-corrected chi connectivity index (χ2v) is 4.57. The van der Waals surface area contributed by atoms with E-state index in [2.05, 4.69) is 24.9 Å². The highest BCUT2D eigenvalue weighted by molar-refractivity contribution is 5.80. The number of likely N-dealkylation sites (N-methyl/N-ethyl adjacent to an activating group) is 1. The van der Waals surface area contributed by atoms with Crippen LogP contribution >= 0.6 is 0 Å². The number of hydrogen-bond donors (Lipinski definition) is 1. The molecule has 1 atom stereocenters. The number of nitrogens with zero attached hydrogens (tertiary/aromatic N) is 1. The second kappa shape index (κ2) is 5.34. The van der Waals surface area contributed by atoms with E-state index in [9.17, 15) is 0 Å². The summed E-state index contributed by atoms with van der Waals surface area (Å²) in [5, 5.41) is 1.22. The van der Waals surface area contributed by atoms with Crippen molar-refractivity contribution in [2.24, 2.45) is 5.73 Å². The van der Waals surface area contributed by atoms with Crippen LogP contribution in [0.25, 0.3) is 11.0 Å². The molecule has 0 aliphatic rings. The first-order valence-electron chi connectivity index (χ1n) is 6.07. The average Bonchev–Trinajstić information content (AvgIpc) is 2.78. The molecule has 0 amide bonds. The van der Waals surface area contributed by atoms with Crippen LogP contribution in [0.1, 0.15) is 12.5 Å². The first-order valence-corrected chi connectivity index (χ1v) is 6.07. The molecule has 0 radical (unpaired) electrons. The van der Waals surface area contributed by atoms with Gasteiger partial charge in [0.05, 0.1) is 6.26 Å². The van der Waals surface area contributed by atoms with E-state index in [-0.39, 0.29) is 0 Å². The van der Waals surface area contributed by atoms with Crippen molar-refractivity contribution in [1.29, 1.82) is 0 Å². The number of para-hydroxylation sites is 1. The van der Waals surface area contributed by atoms with Gasteiger partial charge >= 0.3 is 0 Å². The van der Waals surface area contributed by atoms with Gasteiger partial charge in [0.15, 0.2) is 0 Å². The summed E-state index contributed by atoms with van der Waals surface area (Å²) < 4.78 is 5.52. The van der Waals surface area contributed by atoms with Gasteiger partial charge in [-0.25, -0.2) is 0 Å². The maximum Gasteiger partial charge on any atom is 0.134 e. The number of rotatable bonds is 5. The number of hydrogen-bond acceptors (Lipinski definition) is 3. The predicted octanol–water partition coefficient (Wildman–Crippen LogP) is 2.25. The molecule has 2 N–H and O–H groups in total. The highest BCUT2D eigenvalue weighted by Crippen LogP contribution is 2.21. The molecular weight excluding hydrogens is 212 g/mol. The SMILES string of the molecule is CC(CN)N(C)CCc1coc2ccccc12. The van der Waals surface area contributed by atoms with Gasteiger partial charge in [-0.05, 0) is 32.0 Å². The zero-order chi connectivity index (χ0) is 12.3. The highest BCUT2D eigenvalue weighted by atomic mass is 16.3. The summed E-state index contributed by atoms with van der Waals surface area (Å²) in [5.41, 5.74) is 7.90. The van der Waals surface area contributed by atoms with Gasteiger partial charge in [0.2, 0.25) is 0 Å². The monoisotopic (exact) mass is 232 g/mol. The van der Waals surface area contributed by atoms with Crippen LogP contribution in [-0.2, 0) is 6.42 Å². The average molecular weight is 232 g/mol. The van der Waals surface area contributed by atoms with Crippen LogP contribution in [0.3, 0.4) is 0 Å². The van der Waals surface area contributed by atoms with Crippen LogP contribution in [0.2, 0.25) is 0 Å². The fraction of sp³-hybridized carbons (Fsp3) is 0.429. The topological polar surface area (TPSA) is 42.4 Å². The van der Waals surface area contributed by atoms with Gasteiger partial charge in [-0.3, -0.25) is 0 Å². The summed E-state index contributed by atoms with van der Waals surface area (Å²) in [5.74, 6) is 0. The van der Waals surface area contributed by atoms with Crippen molar-refractivity contribution in [2.75, 3.05) is 20.1 Å². The molecule has 0 aliphatic heterocycles. The molecule has 1 aromatic carbocycles. The lowest BCUT2D eigenvalue weighted by Crippen LogP contribution is -2.36. The standard InChI is InChI=1S/C14H20N2O/c1-11(9-15)16(2)8-7-12-10-17-14-6-4-3-5-13(12)14/h3-6,10-11H,7-9,15H2,1-2H3. The third-order valence-electron chi connectivity index (χ3n) is 3.39. The smallest absolute Gasteiger partial charge is 0.134 e. The summed E-state index contributed by atoms with van der Waals surface area (Å²) in [6.07, 6.45) is 2.86. The second-order valence-electron chi connectivity index (χ2n) is 4.57. The normalized spacial score (nSPS) is 13.4. The van der Waals surface area contributed by atoms with Crippen molar-refractivity contribution in [3.05, 3.63) is 36.1 Å². The lowest BCUT2D eigenvalue weighted by atomic mass is 10.1. The number of fused-ring (bicyclic) bond motifs is 1. The van der Waals surface area contributed by atoms with Gasteiger partial charge < -0.3 is 15.1 Å². The fourth-order valence-electron chi connectivity index (χ4n) is 1.92. The largest absolute Gasteiger partial charge is 0.464 e. The summed E-state index contributed by atoms with van der Waals surface area (Å²) in [6.45, 7) is 3.85. The van der Waals surface area contributed by atoms with E-state index in [1.165, 1.54) is 10.9 Å². The molecule has 2 aromatic rings. The lowest BCUT2D eigenvalue weighted by molar-refractivity contribution is 0.266. The van der Waals surface area contributed by atoms with Crippen molar-refractivity contribution in [3.8, 4) is 0 Å². The fourth-order valence-corrected chi connectivity index (χ4v) is 1.92. The maximum absolute atomic E-state index is 5.65. The molecule has 0 fully saturated rings. The Labute approximate surface area is 102 Å². The van der Waals surface area contributed by atoms with E-state index in [0.717, 1.165) is 18.5 Å². The van der Waals surface area contributed by atoms with Crippen LogP contribution < -0.4 is 5.73 Å². The molecule has 92 valence electrons. The van der Waals surface area contributed by atoms with Crippen LogP contribution in [0, 0.1) is 0 Å². The first-order chi connectivity index (χ1) is 8.22. The molecular formula is C14H20N2O. The van der Waals surface area contributed by atoms with Crippen LogP contribution in [0.15, 0.2) is 34.9 Å². The molecule has 0 spiro atoms. The van der Waals surface area contributed by atoms with Crippen molar-refractivity contribution < 1.29 is 4.42 Å². The zero-order valence-electron chi connectivity index (χ0n) is 10.5. The van der Waals surface area contributed by atoms with Crippen LogP contribution in [-0.4, -0.2) is 31.1 Å². The summed E-state index contributed by atoms with van der Waals surface area (Å²) >= 11 is 0. The van der Waals surface area contributed by atoms with E-state index in [1.807, 2.05) is 24.5 Å². The van der Waals surface area contributed by atoms with E-state index < -0.39 is 0 Å². The molecule has 2 rings (SSSR count). The first kappa shape index (κ1) is 12.1. The van der Waals surface area contributed by atoms with Crippen LogP contribution in [0.5, 0.6) is 0 Å². The van der Waals surface area contributed by atoms with Crippen molar-refractivity contribution >= 4 is 11.0 Å². The van der Waals surface area contributed by atoms with Gasteiger partial charge in [-0.2, -0.15) is 0 Å². The van der Waals surface area contributed by atoms with Crippen molar-refractivity contribution in [1.82, 2.24) is 4.90 Å². The molecule has 0 saturated carbocycles. The minimum Gasteiger partial charge on any atom is -0.464 e. The Kier molecular flexibility index (Phi) is 3.82. The molecule has 0 aliphatic carbocycles. The van der Waals surface area contributed by atoms with Crippen LogP contribution in [0.4, 0.5) is 0 Å². The van der Waals surface area contributed by atoms with E-state index >= 15 is 0 Å². The minimum absolute atomic E-state index is 0.424. The zero-order valence-corrected chi connectivity index (χ0v) is 10.5. The van der Waals surface area contributed by atoms with E-state index in [1.54, 1.807) is 0 Å². The third kappa shape index (κ3) is 2.68. The molecule has 17 heavy (non-hydrogen) atoms. The lowest BCUT2D eigenvalue weighted by Gasteiger charge is -2.22. The van der Waals surface area contributed by atoms with E-state index in [4.69, 9.17) is 10.2 Å². The Morgan fingerprint density at radius 1 is 1.35 bits per heavy atom. The Balaban J connectivity index is 2.04. The molecule has 1 unspecified atom stereocenters. The predicted molar refractivity (Wildman–Crippen MR) is 71.1 cm³/mol. The Bertz CT molecular complexity index is 478. The van der Waals surface area contributed by atoms with Gasteiger partial charge in [0.25, 0.3) is 0 Å². The molecule has 3 nitrogen and oxygen atoms in total. The summed E-state index contributed by atoms with van der Waals surface area (Å²) in [6, 6.07) is 8.59. The van der Waals surface area contributed by atoms with Crippen molar-refractivity contribution in [3.63, 3.8) is 0 Å². The Morgan fingerprint density at radius 3 is 2.88 bits per heavy atom. The van der Waals surface area contributed by atoms with Gasteiger partial charge in [-0.1, -0.05) is 18.2 Å². The summed E-state index contributed by atoms with van der Waals surface area (Å²) in [7, 11) is 2.11. The molecule has 0 bridgehead atoms. The highest BCUT2D eigenvalue weighted by Gasteiger charge is 2.09. The number of benzene rings is 1. The number of nitrogens with two attached hydrogens (primary N) is 1. The van der Waals surface area contributed by atoms with Crippen molar-refractivity contribution in [2.45, 2.75) is 19.4 Å². The molecule has 3 heteroatoms. The number of furan rings is 1. The molecule has 1 heterocycles. The van der Waals surface area contributed by atoms with E-state index in [0.29, 0.717) is 12.6 Å². The quantitative estimate of drug-likeness (QED) is 0.859. The Hall–Kier alpha value is -1.32.